The molecule has 7 heteroatoms. The van der Waals surface area contributed by atoms with Gasteiger partial charge >= 0.3 is 0 Å². The van der Waals surface area contributed by atoms with Gasteiger partial charge in [0.25, 0.3) is 11.8 Å². The highest BCUT2D eigenvalue weighted by molar-refractivity contribution is 6.47. The summed E-state index contributed by atoms with van der Waals surface area (Å²) in [5.74, 6) is 0.00447. The number of ether oxygens (including phenoxy) is 1. The summed E-state index contributed by atoms with van der Waals surface area (Å²) in [6.07, 6.45) is 2.65. The molecule has 1 atom stereocenters. The van der Waals surface area contributed by atoms with Crippen LogP contribution in [0, 0.1) is 5.92 Å². The number of para-hydroxylation sites is 1. The van der Waals surface area contributed by atoms with Gasteiger partial charge in [0.1, 0.15) is 11.4 Å². The van der Waals surface area contributed by atoms with E-state index in [2.05, 4.69) is 0 Å². The second kappa shape index (κ2) is 9.76. The number of nitrogens with zero attached hydrogens (tertiary/aromatic N) is 2. The second-order valence-electron chi connectivity index (χ2n) is 8.13. The van der Waals surface area contributed by atoms with E-state index in [0.717, 1.165) is 29.9 Å². The quantitative estimate of drug-likeness (QED) is 0.637. The van der Waals surface area contributed by atoms with Gasteiger partial charge in [0.15, 0.2) is 0 Å². The van der Waals surface area contributed by atoms with Gasteiger partial charge in [-0.15, -0.1) is 0 Å². The number of likely N-dealkylation sites (tertiary alicyclic amines) is 1. The van der Waals surface area contributed by atoms with Crippen molar-refractivity contribution in [3.8, 4) is 5.75 Å². The van der Waals surface area contributed by atoms with Crippen LogP contribution in [0.15, 0.2) is 54.2 Å². The average Bonchev–Trinajstić information content (AvgIpc) is 3.08. The number of anilines is 1. The molecule has 2 aromatic rings. The fourth-order valence-electron chi connectivity index (χ4n) is 4.28. The SMILES string of the molecule is CCCOc1ccc(C2=C(N3CCCC(CO)C3)C(=O)N(c3ccccc3Cl)C2=O)cc1. The number of carbonyl (C=O) groups excluding carboxylic acids is 2. The first-order chi connectivity index (χ1) is 15.5. The average molecular weight is 455 g/mol. The molecule has 2 heterocycles. The third-order valence-corrected chi connectivity index (χ3v) is 6.18. The molecule has 1 fully saturated rings. The predicted octanol–water partition coefficient (Wildman–Crippen LogP) is 4.12. The van der Waals surface area contributed by atoms with Crippen molar-refractivity contribution in [1.29, 1.82) is 0 Å². The fraction of sp³-hybridized carbons (Fsp3) is 0.360. The van der Waals surface area contributed by atoms with Gasteiger partial charge in [-0.2, -0.15) is 0 Å². The molecule has 2 aliphatic rings. The lowest BCUT2D eigenvalue weighted by Crippen LogP contribution is -2.40. The van der Waals surface area contributed by atoms with Crippen LogP contribution in [0.1, 0.15) is 31.7 Å². The van der Waals surface area contributed by atoms with E-state index in [0.29, 0.717) is 47.2 Å². The summed E-state index contributed by atoms with van der Waals surface area (Å²) in [4.78, 5) is 30.3. The number of imide groups is 1. The van der Waals surface area contributed by atoms with Crippen LogP contribution in [0.25, 0.3) is 5.57 Å². The number of rotatable bonds is 7. The molecule has 1 saturated heterocycles. The fourth-order valence-corrected chi connectivity index (χ4v) is 4.50. The Morgan fingerprint density at radius 1 is 1.09 bits per heavy atom. The number of hydrogen-bond acceptors (Lipinski definition) is 5. The smallest absolute Gasteiger partial charge is 0.282 e. The van der Waals surface area contributed by atoms with Gasteiger partial charge in [-0.25, -0.2) is 4.90 Å². The Kier molecular flexibility index (Phi) is 6.82. The molecular weight excluding hydrogens is 428 g/mol. The number of piperidine rings is 1. The molecule has 2 amide bonds. The number of carbonyl (C=O) groups is 2. The van der Waals surface area contributed by atoms with Crippen molar-refractivity contribution in [3.63, 3.8) is 0 Å². The van der Waals surface area contributed by atoms with Gasteiger partial charge in [0, 0.05) is 19.7 Å². The van der Waals surface area contributed by atoms with Crippen LogP contribution in [0.4, 0.5) is 5.69 Å². The summed E-state index contributed by atoms with van der Waals surface area (Å²) in [6.45, 7) is 3.89. The van der Waals surface area contributed by atoms with Crippen molar-refractivity contribution in [1.82, 2.24) is 4.90 Å². The van der Waals surface area contributed by atoms with Gasteiger partial charge in [0.2, 0.25) is 0 Å². The van der Waals surface area contributed by atoms with Crippen LogP contribution in [0.3, 0.4) is 0 Å². The topological polar surface area (TPSA) is 70.1 Å². The highest BCUT2D eigenvalue weighted by Gasteiger charge is 2.43. The summed E-state index contributed by atoms with van der Waals surface area (Å²) in [7, 11) is 0. The summed E-state index contributed by atoms with van der Waals surface area (Å²) in [5.41, 5.74) is 1.75. The molecule has 2 aliphatic heterocycles. The number of aliphatic hydroxyl groups excluding tert-OH is 1. The van der Waals surface area contributed by atoms with Crippen LogP contribution < -0.4 is 9.64 Å². The first-order valence-electron chi connectivity index (χ1n) is 11.0. The van der Waals surface area contributed by atoms with Crippen molar-refractivity contribution >= 4 is 34.7 Å². The lowest BCUT2D eigenvalue weighted by Gasteiger charge is -2.34. The number of amides is 2. The molecule has 32 heavy (non-hydrogen) atoms. The number of halogens is 1. The standard InChI is InChI=1S/C25H27ClN2O4/c1-2-14-32-19-11-9-18(10-12-19)22-23(27-13-5-6-17(15-27)16-29)25(31)28(24(22)30)21-8-4-3-7-20(21)26/h3-4,7-12,17,29H,2,5-6,13-16H2,1H3. The first kappa shape index (κ1) is 22.4. The molecule has 4 rings (SSSR count). The van der Waals surface area contributed by atoms with E-state index in [4.69, 9.17) is 16.3 Å². The third-order valence-electron chi connectivity index (χ3n) is 5.86. The molecule has 0 radical (unpaired) electrons. The summed E-state index contributed by atoms with van der Waals surface area (Å²) in [5, 5.41) is 10.0. The van der Waals surface area contributed by atoms with Crippen LogP contribution in [-0.4, -0.2) is 48.1 Å². The lowest BCUT2D eigenvalue weighted by atomic mass is 9.97. The van der Waals surface area contributed by atoms with Crippen LogP contribution >= 0.6 is 11.6 Å². The Morgan fingerprint density at radius 2 is 1.84 bits per heavy atom. The first-order valence-corrected chi connectivity index (χ1v) is 11.4. The Morgan fingerprint density at radius 3 is 2.53 bits per heavy atom. The zero-order chi connectivity index (χ0) is 22.7. The minimum Gasteiger partial charge on any atom is -0.494 e. The summed E-state index contributed by atoms with van der Waals surface area (Å²) in [6, 6.07) is 14.1. The molecule has 6 nitrogen and oxygen atoms in total. The maximum atomic E-state index is 13.6. The van der Waals surface area contributed by atoms with Crippen LogP contribution in [0.2, 0.25) is 5.02 Å². The normalized spacial score (nSPS) is 19.2. The minimum absolute atomic E-state index is 0.0545. The molecular formula is C25H27ClN2O4. The van der Waals surface area contributed by atoms with Crippen LogP contribution in [-0.2, 0) is 9.59 Å². The zero-order valence-electron chi connectivity index (χ0n) is 18.1. The number of hydrogen-bond donors (Lipinski definition) is 1. The number of benzene rings is 2. The minimum atomic E-state index is -0.397. The van der Waals surface area contributed by atoms with Crippen molar-refractivity contribution in [2.45, 2.75) is 26.2 Å². The summed E-state index contributed by atoms with van der Waals surface area (Å²) < 4.78 is 5.66. The van der Waals surface area contributed by atoms with Gasteiger partial charge in [-0.3, -0.25) is 9.59 Å². The molecule has 168 valence electrons. The predicted molar refractivity (Wildman–Crippen MR) is 124 cm³/mol. The van der Waals surface area contributed by atoms with E-state index < -0.39 is 5.91 Å². The van der Waals surface area contributed by atoms with Crippen molar-refractivity contribution in [2.24, 2.45) is 5.92 Å². The lowest BCUT2D eigenvalue weighted by molar-refractivity contribution is -0.120. The summed E-state index contributed by atoms with van der Waals surface area (Å²) >= 11 is 6.35. The van der Waals surface area contributed by atoms with Crippen LogP contribution in [0.5, 0.6) is 5.75 Å². The second-order valence-corrected chi connectivity index (χ2v) is 8.54. The van der Waals surface area contributed by atoms with Gasteiger partial charge in [-0.05, 0) is 55.0 Å². The van der Waals surface area contributed by atoms with Crippen molar-refractivity contribution in [2.75, 3.05) is 31.2 Å². The Labute approximate surface area is 193 Å². The highest BCUT2D eigenvalue weighted by Crippen LogP contribution is 2.39. The van der Waals surface area contributed by atoms with E-state index in [-0.39, 0.29) is 18.4 Å². The monoisotopic (exact) mass is 454 g/mol. The van der Waals surface area contributed by atoms with Crippen molar-refractivity contribution < 1.29 is 19.4 Å². The third kappa shape index (κ3) is 4.25. The zero-order valence-corrected chi connectivity index (χ0v) is 18.8. The number of aliphatic hydroxyl groups is 1. The maximum Gasteiger partial charge on any atom is 0.282 e. The molecule has 1 N–H and O–H groups in total. The molecule has 0 saturated carbocycles. The van der Waals surface area contributed by atoms with E-state index in [1.54, 1.807) is 24.3 Å². The maximum absolute atomic E-state index is 13.6. The molecule has 1 unspecified atom stereocenters. The Bertz CT molecular complexity index is 1030. The Balaban J connectivity index is 1.77. The highest BCUT2D eigenvalue weighted by atomic mass is 35.5. The van der Waals surface area contributed by atoms with Gasteiger partial charge < -0.3 is 14.7 Å². The largest absolute Gasteiger partial charge is 0.494 e. The van der Waals surface area contributed by atoms with Gasteiger partial charge in [0.05, 0.1) is 22.9 Å². The molecule has 2 aromatic carbocycles. The van der Waals surface area contributed by atoms with E-state index in [1.165, 1.54) is 0 Å². The molecule has 0 spiro atoms. The van der Waals surface area contributed by atoms with Crippen molar-refractivity contribution in [3.05, 3.63) is 64.8 Å². The van der Waals surface area contributed by atoms with Gasteiger partial charge in [-0.1, -0.05) is 42.8 Å². The Hall–Kier alpha value is -2.83. The molecule has 0 aromatic heterocycles. The molecule has 0 bridgehead atoms. The van der Waals surface area contributed by atoms with E-state index >= 15 is 0 Å². The van der Waals surface area contributed by atoms with E-state index in [9.17, 15) is 14.7 Å². The van der Waals surface area contributed by atoms with E-state index in [1.807, 2.05) is 36.1 Å². The molecule has 0 aliphatic carbocycles.